The summed E-state index contributed by atoms with van der Waals surface area (Å²) in [6, 6.07) is 0.400. The Morgan fingerprint density at radius 3 is 2.60 bits per heavy atom. The summed E-state index contributed by atoms with van der Waals surface area (Å²) in [7, 11) is 1.84. The fraction of sp³-hybridized carbons (Fsp3) is 1.00. The SMILES string of the molecule is COC1CCCN(CC2CC(C(C)(C)C)CCC2N)C1. The van der Waals surface area contributed by atoms with Crippen molar-refractivity contribution in [3.05, 3.63) is 0 Å². The molecule has 1 aliphatic heterocycles. The first-order valence-corrected chi connectivity index (χ1v) is 8.41. The van der Waals surface area contributed by atoms with Gasteiger partial charge in [-0.05, 0) is 55.9 Å². The minimum Gasteiger partial charge on any atom is -0.380 e. The van der Waals surface area contributed by atoms with Crippen LogP contribution in [0, 0.1) is 17.3 Å². The number of likely N-dealkylation sites (tertiary alicyclic amines) is 1. The van der Waals surface area contributed by atoms with E-state index in [-0.39, 0.29) is 0 Å². The van der Waals surface area contributed by atoms with Gasteiger partial charge in [-0.3, -0.25) is 0 Å². The van der Waals surface area contributed by atoms with E-state index in [0.29, 0.717) is 23.5 Å². The van der Waals surface area contributed by atoms with E-state index in [1.807, 2.05) is 7.11 Å². The first-order chi connectivity index (χ1) is 9.40. The molecule has 1 saturated carbocycles. The van der Waals surface area contributed by atoms with Crippen molar-refractivity contribution >= 4 is 0 Å². The van der Waals surface area contributed by atoms with Gasteiger partial charge in [0.1, 0.15) is 0 Å². The van der Waals surface area contributed by atoms with Crippen LogP contribution in [0.1, 0.15) is 52.9 Å². The predicted molar refractivity (Wildman–Crippen MR) is 84.7 cm³/mol. The summed E-state index contributed by atoms with van der Waals surface area (Å²) in [5.74, 6) is 1.50. The average molecular weight is 282 g/mol. The van der Waals surface area contributed by atoms with E-state index >= 15 is 0 Å². The van der Waals surface area contributed by atoms with Gasteiger partial charge in [-0.15, -0.1) is 0 Å². The van der Waals surface area contributed by atoms with Gasteiger partial charge in [0.2, 0.25) is 0 Å². The number of ether oxygens (including phenoxy) is 1. The highest BCUT2D eigenvalue weighted by Crippen LogP contribution is 2.40. The zero-order valence-corrected chi connectivity index (χ0v) is 13.9. The van der Waals surface area contributed by atoms with E-state index in [1.54, 1.807) is 0 Å². The number of piperidine rings is 1. The van der Waals surface area contributed by atoms with Crippen LogP contribution in [-0.4, -0.2) is 43.8 Å². The largest absolute Gasteiger partial charge is 0.380 e. The molecule has 1 aliphatic carbocycles. The average Bonchev–Trinajstić information content (AvgIpc) is 2.40. The highest BCUT2D eigenvalue weighted by molar-refractivity contribution is 4.89. The third kappa shape index (κ3) is 4.19. The van der Waals surface area contributed by atoms with Crippen LogP contribution in [0.15, 0.2) is 0 Å². The molecule has 0 amide bonds. The van der Waals surface area contributed by atoms with E-state index in [4.69, 9.17) is 10.5 Å². The Morgan fingerprint density at radius 1 is 1.20 bits per heavy atom. The van der Waals surface area contributed by atoms with Gasteiger partial charge in [0.15, 0.2) is 0 Å². The number of hydrogen-bond acceptors (Lipinski definition) is 3. The number of nitrogens with zero attached hydrogens (tertiary/aromatic N) is 1. The number of methoxy groups -OCH3 is 1. The van der Waals surface area contributed by atoms with Gasteiger partial charge >= 0.3 is 0 Å². The van der Waals surface area contributed by atoms with Crippen molar-refractivity contribution in [2.45, 2.75) is 65.0 Å². The van der Waals surface area contributed by atoms with Crippen LogP contribution in [-0.2, 0) is 4.74 Å². The smallest absolute Gasteiger partial charge is 0.0698 e. The molecule has 0 aromatic heterocycles. The van der Waals surface area contributed by atoms with Crippen molar-refractivity contribution < 1.29 is 4.74 Å². The fourth-order valence-corrected chi connectivity index (χ4v) is 3.99. The van der Waals surface area contributed by atoms with Crippen LogP contribution in [0.5, 0.6) is 0 Å². The number of hydrogen-bond donors (Lipinski definition) is 1. The van der Waals surface area contributed by atoms with Crippen molar-refractivity contribution in [2.24, 2.45) is 23.0 Å². The van der Waals surface area contributed by atoms with Gasteiger partial charge in [-0.1, -0.05) is 20.8 Å². The van der Waals surface area contributed by atoms with Gasteiger partial charge in [0.25, 0.3) is 0 Å². The monoisotopic (exact) mass is 282 g/mol. The Kier molecular flexibility index (Phi) is 5.49. The van der Waals surface area contributed by atoms with E-state index in [1.165, 1.54) is 45.2 Å². The van der Waals surface area contributed by atoms with Crippen molar-refractivity contribution in [3.8, 4) is 0 Å². The molecule has 2 N–H and O–H groups in total. The summed E-state index contributed by atoms with van der Waals surface area (Å²) in [6.07, 6.45) is 6.73. The molecular weight excluding hydrogens is 248 g/mol. The zero-order valence-electron chi connectivity index (χ0n) is 13.9. The molecule has 4 unspecified atom stereocenters. The first-order valence-electron chi connectivity index (χ1n) is 8.41. The molecule has 0 spiro atoms. The van der Waals surface area contributed by atoms with Crippen LogP contribution in [0.25, 0.3) is 0 Å². The third-order valence-electron chi connectivity index (χ3n) is 5.55. The zero-order chi connectivity index (χ0) is 14.8. The molecular formula is C17H34N2O. The molecule has 0 aromatic rings. The van der Waals surface area contributed by atoms with Crippen LogP contribution >= 0.6 is 0 Å². The molecule has 0 aromatic carbocycles. The summed E-state index contributed by atoms with van der Waals surface area (Å²) < 4.78 is 5.54. The summed E-state index contributed by atoms with van der Waals surface area (Å²) in [6.45, 7) is 10.6. The standard InChI is InChI=1S/C17H34N2O/c1-17(2,3)14-7-8-16(18)13(10-14)11-19-9-5-6-15(12-19)20-4/h13-16H,5-12,18H2,1-4H3. The summed E-state index contributed by atoms with van der Waals surface area (Å²) in [4.78, 5) is 2.59. The second-order valence-electron chi connectivity index (χ2n) is 8.06. The van der Waals surface area contributed by atoms with Crippen LogP contribution in [0.3, 0.4) is 0 Å². The maximum absolute atomic E-state index is 6.41. The topological polar surface area (TPSA) is 38.5 Å². The van der Waals surface area contributed by atoms with Crippen molar-refractivity contribution in [1.29, 1.82) is 0 Å². The molecule has 4 atom stereocenters. The molecule has 3 nitrogen and oxygen atoms in total. The summed E-state index contributed by atoms with van der Waals surface area (Å²) >= 11 is 0. The Balaban J connectivity index is 1.89. The molecule has 20 heavy (non-hydrogen) atoms. The second kappa shape index (κ2) is 6.76. The highest BCUT2D eigenvalue weighted by Gasteiger charge is 2.35. The van der Waals surface area contributed by atoms with E-state index in [9.17, 15) is 0 Å². The van der Waals surface area contributed by atoms with E-state index in [2.05, 4.69) is 25.7 Å². The van der Waals surface area contributed by atoms with Gasteiger partial charge in [-0.25, -0.2) is 0 Å². The predicted octanol–water partition coefficient (Wildman–Crippen LogP) is 2.89. The van der Waals surface area contributed by atoms with Crippen LogP contribution < -0.4 is 5.73 Å². The maximum Gasteiger partial charge on any atom is 0.0698 e. The normalized spacial score (nSPS) is 37.0. The molecule has 2 rings (SSSR count). The van der Waals surface area contributed by atoms with Crippen molar-refractivity contribution in [3.63, 3.8) is 0 Å². The van der Waals surface area contributed by atoms with Crippen molar-refractivity contribution in [1.82, 2.24) is 4.90 Å². The van der Waals surface area contributed by atoms with Crippen LogP contribution in [0.4, 0.5) is 0 Å². The van der Waals surface area contributed by atoms with E-state index in [0.717, 1.165) is 12.5 Å². The molecule has 1 heterocycles. The Morgan fingerprint density at radius 2 is 1.95 bits per heavy atom. The summed E-state index contributed by atoms with van der Waals surface area (Å²) in [5, 5.41) is 0. The molecule has 1 saturated heterocycles. The van der Waals surface area contributed by atoms with Gasteiger partial charge in [0, 0.05) is 26.2 Å². The second-order valence-corrected chi connectivity index (χ2v) is 8.06. The quantitative estimate of drug-likeness (QED) is 0.865. The van der Waals surface area contributed by atoms with E-state index < -0.39 is 0 Å². The molecule has 2 fully saturated rings. The van der Waals surface area contributed by atoms with Gasteiger partial charge in [0.05, 0.1) is 6.10 Å². The van der Waals surface area contributed by atoms with Crippen LogP contribution in [0.2, 0.25) is 0 Å². The molecule has 118 valence electrons. The fourth-order valence-electron chi connectivity index (χ4n) is 3.99. The maximum atomic E-state index is 6.41. The lowest BCUT2D eigenvalue weighted by atomic mass is 9.67. The lowest BCUT2D eigenvalue weighted by Crippen LogP contribution is -2.48. The number of rotatable bonds is 3. The lowest BCUT2D eigenvalue weighted by molar-refractivity contribution is 0.0160. The number of nitrogens with two attached hydrogens (primary N) is 1. The van der Waals surface area contributed by atoms with Gasteiger partial charge < -0.3 is 15.4 Å². The minimum atomic E-state index is 0.400. The van der Waals surface area contributed by atoms with Crippen molar-refractivity contribution in [2.75, 3.05) is 26.7 Å². The minimum absolute atomic E-state index is 0.400. The Hall–Kier alpha value is -0.120. The Bertz CT molecular complexity index is 300. The molecule has 3 heteroatoms. The van der Waals surface area contributed by atoms with Gasteiger partial charge in [-0.2, -0.15) is 0 Å². The highest BCUT2D eigenvalue weighted by atomic mass is 16.5. The third-order valence-corrected chi connectivity index (χ3v) is 5.55. The molecule has 0 radical (unpaired) electrons. The first kappa shape index (κ1) is 16.3. The molecule has 0 bridgehead atoms. The Labute approximate surface area is 125 Å². The summed E-state index contributed by atoms with van der Waals surface area (Å²) in [5.41, 5.74) is 6.84. The molecule has 2 aliphatic rings. The lowest BCUT2D eigenvalue weighted by Gasteiger charge is -2.43.